The Balaban J connectivity index is 2.49. The van der Waals surface area contributed by atoms with Crippen LogP contribution in [0.1, 0.15) is 18.2 Å². The van der Waals surface area contributed by atoms with Crippen LogP contribution in [0.3, 0.4) is 0 Å². The highest BCUT2D eigenvalue weighted by molar-refractivity contribution is 6.10. The van der Waals surface area contributed by atoms with Gasteiger partial charge in [0.2, 0.25) is 5.84 Å². The van der Waals surface area contributed by atoms with Gasteiger partial charge < -0.3 is 15.8 Å². The van der Waals surface area contributed by atoms with Gasteiger partial charge in [-0.05, 0) is 35.4 Å². The van der Waals surface area contributed by atoms with E-state index >= 15 is 0 Å². The molecule has 0 saturated heterocycles. The van der Waals surface area contributed by atoms with Gasteiger partial charge in [0.15, 0.2) is 11.5 Å². The lowest BCUT2D eigenvalue weighted by molar-refractivity contribution is 0.304. The van der Waals surface area contributed by atoms with E-state index in [2.05, 4.69) is 20.1 Å². The van der Waals surface area contributed by atoms with Crippen molar-refractivity contribution in [1.82, 2.24) is 10.3 Å². The molecule has 2 aromatic rings. The van der Waals surface area contributed by atoms with Crippen LogP contribution in [-0.2, 0) is 0 Å². The summed E-state index contributed by atoms with van der Waals surface area (Å²) in [6, 6.07) is 5.66. The maximum absolute atomic E-state index is 13.4. The van der Waals surface area contributed by atoms with E-state index in [1.807, 2.05) is 0 Å². The summed E-state index contributed by atoms with van der Waals surface area (Å²) in [5.41, 5.74) is 5.92. The highest BCUT2D eigenvalue weighted by atomic mass is 19.1. The number of benzene rings is 1. The summed E-state index contributed by atoms with van der Waals surface area (Å²) in [6.45, 7) is 2.12. The molecule has 21 heavy (non-hydrogen) atoms. The van der Waals surface area contributed by atoms with E-state index in [1.165, 1.54) is 17.0 Å². The zero-order chi connectivity index (χ0) is 15.4. The zero-order valence-corrected chi connectivity index (χ0v) is 11.0. The van der Waals surface area contributed by atoms with Gasteiger partial charge in [0, 0.05) is 12.2 Å². The molecule has 1 aromatic carbocycles. The van der Waals surface area contributed by atoms with Gasteiger partial charge in [0.05, 0.1) is 5.56 Å². The van der Waals surface area contributed by atoms with Crippen LogP contribution in [0, 0.1) is 17.1 Å². The topological polar surface area (TPSA) is 125 Å². The lowest BCUT2D eigenvalue weighted by Crippen LogP contribution is -2.32. The SMILES string of the molecule is CCN(C(=NO)c1nonc1N)c1ccc(F)c(C#N)c1. The van der Waals surface area contributed by atoms with Crippen LogP contribution < -0.4 is 10.6 Å². The fourth-order valence-corrected chi connectivity index (χ4v) is 1.80. The molecule has 0 aliphatic carbocycles. The van der Waals surface area contributed by atoms with E-state index in [-0.39, 0.29) is 22.9 Å². The fourth-order valence-electron chi connectivity index (χ4n) is 1.80. The third kappa shape index (κ3) is 2.59. The molecule has 0 bridgehead atoms. The first-order valence-corrected chi connectivity index (χ1v) is 5.90. The maximum Gasteiger partial charge on any atom is 0.205 e. The molecular weight excluding hydrogens is 279 g/mol. The zero-order valence-electron chi connectivity index (χ0n) is 11.0. The number of nitriles is 1. The molecule has 0 aliphatic heterocycles. The number of anilines is 2. The molecule has 108 valence electrons. The number of aromatic nitrogens is 2. The van der Waals surface area contributed by atoms with E-state index in [0.29, 0.717) is 12.2 Å². The summed E-state index contributed by atoms with van der Waals surface area (Å²) in [6.07, 6.45) is 0. The number of nitrogen functional groups attached to an aromatic ring is 1. The summed E-state index contributed by atoms with van der Waals surface area (Å²) in [4.78, 5) is 1.48. The molecule has 0 saturated carbocycles. The summed E-state index contributed by atoms with van der Waals surface area (Å²) in [7, 11) is 0. The number of halogens is 1. The summed E-state index contributed by atoms with van der Waals surface area (Å²) < 4.78 is 17.8. The third-order valence-electron chi connectivity index (χ3n) is 2.77. The van der Waals surface area contributed by atoms with Crippen LogP contribution in [0.15, 0.2) is 28.0 Å². The second-order valence-electron chi connectivity index (χ2n) is 3.94. The minimum Gasteiger partial charge on any atom is -0.409 e. The van der Waals surface area contributed by atoms with Gasteiger partial charge in [0.1, 0.15) is 11.9 Å². The standard InChI is InChI=1S/C12H11FN6O2/c1-2-19(8-3-4-9(13)7(5-8)6-14)12(16-20)10-11(15)18-21-17-10/h3-5,20H,2H2,1H3,(H2,15,18). The first kappa shape index (κ1) is 14.3. The van der Waals surface area contributed by atoms with Gasteiger partial charge in [-0.2, -0.15) is 5.26 Å². The molecule has 0 aliphatic rings. The molecule has 2 rings (SSSR count). The molecule has 8 nitrogen and oxygen atoms in total. The van der Waals surface area contributed by atoms with Gasteiger partial charge in [-0.25, -0.2) is 9.02 Å². The van der Waals surface area contributed by atoms with E-state index < -0.39 is 5.82 Å². The monoisotopic (exact) mass is 290 g/mol. The minimum atomic E-state index is -0.637. The van der Waals surface area contributed by atoms with Crippen LogP contribution in [0.25, 0.3) is 0 Å². The molecule has 0 atom stereocenters. The molecule has 0 spiro atoms. The number of amidine groups is 1. The largest absolute Gasteiger partial charge is 0.409 e. The predicted molar refractivity (Wildman–Crippen MR) is 71.2 cm³/mol. The van der Waals surface area contributed by atoms with Gasteiger partial charge >= 0.3 is 0 Å². The molecule has 3 N–H and O–H groups in total. The van der Waals surface area contributed by atoms with Crippen molar-refractivity contribution in [2.75, 3.05) is 17.2 Å². The Morgan fingerprint density at radius 2 is 2.33 bits per heavy atom. The molecule has 0 radical (unpaired) electrons. The van der Waals surface area contributed by atoms with Crippen molar-refractivity contribution in [1.29, 1.82) is 5.26 Å². The summed E-state index contributed by atoms with van der Waals surface area (Å²) >= 11 is 0. The molecule has 1 aromatic heterocycles. The van der Waals surface area contributed by atoms with E-state index in [0.717, 1.165) is 6.07 Å². The van der Waals surface area contributed by atoms with E-state index in [4.69, 9.17) is 11.0 Å². The van der Waals surface area contributed by atoms with Crippen molar-refractivity contribution in [2.24, 2.45) is 5.16 Å². The minimum absolute atomic E-state index is 0.0215. The molecule has 0 fully saturated rings. The average molecular weight is 290 g/mol. The van der Waals surface area contributed by atoms with Gasteiger partial charge in [0.25, 0.3) is 0 Å². The second kappa shape index (κ2) is 5.87. The Morgan fingerprint density at radius 1 is 1.57 bits per heavy atom. The number of nitrogens with zero attached hydrogens (tertiary/aromatic N) is 5. The number of nitrogens with two attached hydrogens (primary N) is 1. The Bertz CT molecular complexity index is 721. The first-order chi connectivity index (χ1) is 10.1. The quantitative estimate of drug-likeness (QED) is 0.378. The average Bonchev–Trinajstić information content (AvgIpc) is 2.91. The molecular formula is C12H11FN6O2. The number of rotatable bonds is 3. The van der Waals surface area contributed by atoms with Crippen LogP contribution in [0.2, 0.25) is 0 Å². The predicted octanol–water partition coefficient (Wildman–Crippen LogP) is 1.32. The lowest BCUT2D eigenvalue weighted by Gasteiger charge is -2.22. The molecule has 9 heteroatoms. The third-order valence-corrected chi connectivity index (χ3v) is 2.77. The van der Waals surface area contributed by atoms with E-state index in [1.54, 1.807) is 13.0 Å². The maximum atomic E-state index is 13.4. The Hall–Kier alpha value is -3.15. The van der Waals surface area contributed by atoms with Crippen molar-refractivity contribution in [2.45, 2.75) is 6.92 Å². The van der Waals surface area contributed by atoms with Crippen LogP contribution in [0.4, 0.5) is 15.9 Å². The highest BCUT2D eigenvalue weighted by Crippen LogP contribution is 2.21. The fraction of sp³-hybridized carbons (Fsp3) is 0.167. The van der Waals surface area contributed by atoms with Gasteiger partial charge in [-0.15, -0.1) is 0 Å². The number of hydrogen-bond acceptors (Lipinski definition) is 7. The summed E-state index contributed by atoms with van der Waals surface area (Å²) in [5, 5.41) is 28.2. The van der Waals surface area contributed by atoms with Crippen LogP contribution in [-0.4, -0.2) is 27.9 Å². The van der Waals surface area contributed by atoms with Crippen molar-refractivity contribution < 1.29 is 14.2 Å². The highest BCUT2D eigenvalue weighted by Gasteiger charge is 2.22. The molecule has 1 heterocycles. The van der Waals surface area contributed by atoms with Crippen LogP contribution in [0.5, 0.6) is 0 Å². The Morgan fingerprint density at radius 3 is 2.86 bits per heavy atom. The van der Waals surface area contributed by atoms with Gasteiger partial charge in [-0.3, -0.25) is 0 Å². The first-order valence-electron chi connectivity index (χ1n) is 5.90. The summed E-state index contributed by atoms with van der Waals surface area (Å²) in [5.74, 6) is -0.710. The number of oxime groups is 1. The van der Waals surface area contributed by atoms with Crippen molar-refractivity contribution >= 4 is 17.3 Å². The Labute approximate surface area is 118 Å². The number of hydrogen-bond donors (Lipinski definition) is 2. The van der Waals surface area contributed by atoms with Crippen molar-refractivity contribution in [3.05, 3.63) is 35.3 Å². The van der Waals surface area contributed by atoms with Crippen LogP contribution >= 0.6 is 0 Å². The normalized spacial score (nSPS) is 11.2. The van der Waals surface area contributed by atoms with Crippen molar-refractivity contribution in [3.8, 4) is 6.07 Å². The smallest absolute Gasteiger partial charge is 0.205 e. The molecule has 0 amide bonds. The molecule has 0 unspecified atom stereocenters. The van der Waals surface area contributed by atoms with Crippen molar-refractivity contribution in [3.63, 3.8) is 0 Å². The second-order valence-corrected chi connectivity index (χ2v) is 3.94. The van der Waals surface area contributed by atoms with Gasteiger partial charge in [-0.1, -0.05) is 5.16 Å². The lowest BCUT2D eigenvalue weighted by atomic mass is 10.1. The van der Waals surface area contributed by atoms with E-state index in [9.17, 15) is 9.60 Å². The Kier molecular flexibility index (Phi) is 3.99.